The van der Waals surface area contributed by atoms with E-state index in [-0.39, 0.29) is 30.1 Å². The lowest BCUT2D eigenvalue weighted by Crippen LogP contribution is -2.53. The molecule has 2 aromatic rings. The van der Waals surface area contributed by atoms with Gasteiger partial charge in [0.1, 0.15) is 18.9 Å². The van der Waals surface area contributed by atoms with Crippen LogP contribution in [0, 0.1) is 12.8 Å². The minimum absolute atomic E-state index is 0.0194. The predicted octanol–water partition coefficient (Wildman–Crippen LogP) is 4.78. The molecular formula is C26H35N3O3S. The third-order valence-corrected chi connectivity index (χ3v) is 7.11. The lowest BCUT2D eigenvalue weighted by Gasteiger charge is -2.37. The van der Waals surface area contributed by atoms with E-state index in [1.165, 1.54) is 16.0 Å². The van der Waals surface area contributed by atoms with E-state index in [0.29, 0.717) is 25.6 Å². The first-order valence-electron chi connectivity index (χ1n) is 11.8. The lowest BCUT2D eigenvalue weighted by molar-refractivity contribution is -0.135. The number of rotatable bonds is 7. The highest BCUT2D eigenvalue weighted by molar-refractivity contribution is 7.10. The number of hydrogen-bond donors (Lipinski definition) is 1. The van der Waals surface area contributed by atoms with Gasteiger partial charge in [0.2, 0.25) is 5.91 Å². The second-order valence-corrected chi connectivity index (χ2v) is 11.3. The molecule has 2 aliphatic rings. The molecule has 3 amide bonds. The van der Waals surface area contributed by atoms with Crippen molar-refractivity contribution in [3.63, 3.8) is 0 Å². The Labute approximate surface area is 200 Å². The van der Waals surface area contributed by atoms with Crippen molar-refractivity contribution in [1.29, 1.82) is 0 Å². The van der Waals surface area contributed by atoms with Gasteiger partial charge >= 0.3 is 6.03 Å². The molecule has 33 heavy (non-hydrogen) atoms. The van der Waals surface area contributed by atoms with Crippen LogP contribution >= 0.6 is 11.3 Å². The molecular weight excluding hydrogens is 434 g/mol. The van der Waals surface area contributed by atoms with Crippen molar-refractivity contribution in [3.05, 3.63) is 51.7 Å². The number of nitrogens with zero attached hydrogens (tertiary/aromatic N) is 2. The molecule has 1 saturated carbocycles. The van der Waals surface area contributed by atoms with Crippen LogP contribution < -0.4 is 10.1 Å². The molecule has 0 spiro atoms. The largest absolute Gasteiger partial charge is 0.491 e. The maximum absolute atomic E-state index is 13.5. The van der Waals surface area contributed by atoms with E-state index < -0.39 is 0 Å². The number of ether oxygens (including phenoxy) is 1. The van der Waals surface area contributed by atoms with Gasteiger partial charge in [-0.05, 0) is 82.0 Å². The fourth-order valence-corrected chi connectivity index (χ4v) is 5.10. The number of carbonyl (C=O) groups excluding carboxylic acids is 2. The van der Waals surface area contributed by atoms with Gasteiger partial charge in [-0.3, -0.25) is 4.79 Å². The van der Waals surface area contributed by atoms with Crippen molar-refractivity contribution in [2.24, 2.45) is 5.92 Å². The number of carbonyl (C=O) groups is 2. The average Bonchev–Trinajstić information content (AvgIpc) is 3.44. The van der Waals surface area contributed by atoms with Crippen LogP contribution in [0.3, 0.4) is 0 Å². The van der Waals surface area contributed by atoms with Crippen LogP contribution in [-0.2, 0) is 11.2 Å². The van der Waals surface area contributed by atoms with Gasteiger partial charge in [-0.15, -0.1) is 11.3 Å². The molecule has 7 heteroatoms. The highest BCUT2D eigenvalue weighted by atomic mass is 32.1. The van der Waals surface area contributed by atoms with Gasteiger partial charge in [-0.2, -0.15) is 0 Å². The maximum Gasteiger partial charge on any atom is 0.318 e. The minimum Gasteiger partial charge on any atom is -0.491 e. The molecule has 1 aromatic heterocycles. The fraction of sp³-hybridized carbons (Fsp3) is 0.538. The second kappa shape index (κ2) is 9.75. The van der Waals surface area contributed by atoms with Gasteiger partial charge in [-0.1, -0.05) is 17.7 Å². The smallest absolute Gasteiger partial charge is 0.318 e. The van der Waals surface area contributed by atoms with Crippen LogP contribution in [0.2, 0.25) is 0 Å². The number of urea groups is 1. The van der Waals surface area contributed by atoms with Crippen molar-refractivity contribution in [1.82, 2.24) is 15.1 Å². The van der Waals surface area contributed by atoms with Crippen LogP contribution in [0.5, 0.6) is 5.75 Å². The summed E-state index contributed by atoms with van der Waals surface area (Å²) in [7, 11) is 0. The highest BCUT2D eigenvalue weighted by Crippen LogP contribution is 2.34. The Bertz CT molecular complexity index is 975. The number of amides is 3. The molecule has 2 heterocycles. The zero-order valence-corrected chi connectivity index (χ0v) is 20.9. The maximum atomic E-state index is 13.5. The van der Waals surface area contributed by atoms with Crippen molar-refractivity contribution in [3.8, 4) is 5.75 Å². The number of thiophene rings is 1. The van der Waals surface area contributed by atoms with E-state index >= 15 is 0 Å². The first-order valence-corrected chi connectivity index (χ1v) is 12.7. The van der Waals surface area contributed by atoms with Crippen molar-refractivity contribution in [2.75, 3.05) is 26.2 Å². The monoisotopic (exact) mass is 469 g/mol. The van der Waals surface area contributed by atoms with Crippen molar-refractivity contribution < 1.29 is 14.3 Å². The minimum atomic E-state index is -0.344. The Morgan fingerprint density at radius 1 is 1.18 bits per heavy atom. The van der Waals surface area contributed by atoms with Crippen LogP contribution in [0.1, 0.15) is 55.7 Å². The zero-order valence-electron chi connectivity index (χ0n) is 20.1. The second-order valence-electron chi connectivity index (χ2n) is 10.3. The predicted molar refractivity (Wildman–Crippen MR) is 132 cm³/mol. The van der Waals surface area contributed by atoms with Gasteiger partial charge in [-0.25, -0.2) is 4.79 Å². The molecule has 0 bridgehead atoms. The zero-order chi connectivity index (χ0) is 23.6. The van der Waals surface area contributed by atoms with E-state index in [2.05, 4.69) is 16.8 Å². The third-order valence-electron chi connectivity index (χ3n) is 6.11. The topological polar surface area (TPSA) is 61.9 Å². The molecule has 1 atom stereocenters. The van der Waals surface area contributed by atoms with Crippen molar-refractivity contribution in [2.45, 2.75) is 58.5 Å². The van der Waals surface area contributed by atoms with Crippen molar-refractivity contribution >= 4 is 23.3 Å². The summed E-state index contributed by atoms with van der Waals surface area (Å²) >= 11 is 1.74. The van der Waals surface area contributed by atoms with E-state index in [4.69, 9.17) is 4.74 Å². The van der Waals surface area contributed by atoms with Crippen LogP contribution in [-0.4, -0.2) is 53.5 Å². The molecule has 0 radical (unpaired) electrons. The normalized spacial score (nSPS) is 17.9. The van der Waals surface area contributed by atoms with E-state index in [9.17, 15) is 9.59 Å². The van der Waals surface area contributed by atoms with E-state index in [1.54, 1.807) is 16.2 Å². The molecule has 0 unspecified atom stereocenters. The number of hydrogen-bond acceptors (Lipinski definition) is 4. The number of aryl methyl sites for hydroxylation is 1. The molecule has 6 nitrogen and oxygen atoms in total. The van der Waals surface area contributed by atoms with Gasteiger partial charge < -0.3 is 19.9 Å². The molecule has 1 aliphatic carbocycles. The standard InChI is InChI=1S/C26H35N3O3S/c1-18-5-9-20(10-6-18)32-17-22-21-12-14-33-23(21)11-13-29(22)24(30)16-28(15-19-7-8-19)25(31)27-26(2,3)4/h5-6,9-10,12,14,19,22H,7-8,11,13,15-17H2,1-4H3,(H,27,31)/t22-/m0/s1. The fourth-order valence-electron chi connectivity index (χ4n) is 4.17. The lowest BCUT2D eigenvalue weighted by atomic mass is 10.0. The van der Waals surface area contributed by atoms with Gasteiger partial charge in [0.15, 0.2) is 0 Å². The first-order chi connectivity index (χ1) is 15.7. The Morgan fingerprint density at radius 3 is 2.58 bits per heavy atom. The Hall–Kier alpha value is -2.54. The molecule has 178 valence electrons. The molecule has 0 saturated heterocycles. The molecule has 1 fully saturated rings. The summed E-state index contributed by atoms with van der Waals surface area (Å²) in [5.74, 6) is 1.29. The third kappa shape index (κ3) is 6.28. The highest BCUT2D eigenvalue weighted by Gasteiger charge is 2.35. The van der Waals surface area contributed by atoms with Crippen LogP contribution in [0.25, 0.3) is 0 Å². The summed E-state index contributed by atoms with van der Waals surface area (Å²) in [6.07, 6.45) is 3.10. The Balaban J connectivity index is 1.48. The van der Waals surface area contributed by atoms with E-state index in [1.807, 2.05) is 56.9 Å². The summed E-state index contributed by atoms with van der Waals surface area (Å²) in [4.78, 5) is 31.4. The first kappa shape index (κ1) is 23.6. The van der Waals surface area contributed by atoms with Gasteiger partial charge in [0, 0.05) is 23.5 Å². The summed E-state index contributed by atoms with van der Waals surface area (Å²) in [6.45, 7) is 9.71. The Morgan fingerprint density at radius 2 is 1.91 bits per heavy atom. The molecule has 1 N–H and O–H groups in total. The molecule has 1 aliphatic heterocycles. The molecule has 1 aromatic carbocycles. The summed E-state index contributed by atoms with van der Waals surface area (Å²) in [6, 6.07) is 9.78. The summed E-state index contributed by atoms with van der Waals surface area (Å²) in [5.41, 5.74) is 2.00. The average molecular weight is 470 g/mol. The van der Waals surface area contributed by atoms with Crippen LogP contribution in [0.15, 0.2) is 35.7 Å². The number of nitrogens with one attached hydrogen (secondary N) is 1. The molecule has 4 rings (SSSR count). The van der Waals surface area contributed by atoms with E-state index in [0.717, 1.165) is 25.0 Å². The SMILES string of the molecule is Cc1ccc(OC[C@H]2c3ccsc3CCN2C(=O)CN(CC2CC2)C(=O)NC(C)(C)C)cc1. The quantitative estimate of drug-likeness (QED) is 0.635. The number of fused-ring (bicyclic) bond motifs is 1. The van der Waals surface area contributed by atoms with Crippen LogP contribution in [0.4, 0.5) is 4.79 Å². The summed E-state index contributed by atoms with van der Waals surface area (Å²) < 4.78 is 6.12. The Kier molecular flexibility index (Phi) is 6.98. The summed E-state index contributed by atoms with van der Waals surface area (Å²) in [5, 5.41) is 5.12. The number of benzene rings is 1. The van der Waals surface area contributed by atoms with Gasteiger partial charge in [0.05, 0.1) is 6.04 Å². The van der Waals surface area contributed by atoms with Gasteiger partial charge in [0.25, 0.3) is 0 Å².